The van der Waals surface area contributed by atoms with Crippen molar-refractivity contribution in [1.29, 1.82) is 0 Å². The zero-order valence-corrected chi connectivity index (χ0v) is 19.6. The summed E-state index contributed by atoms with van der Waals surface area (Å²) in [5.41, 5.74) is 5.73. The molecule has 0 aliphatic heterocycles. The molecule has 1 aliphatic rings. The van der Waals surface area contributed by atoms with Crippen LogP contribution in [0.15, 0.2) is 48.5 Å². The Morgan fingerprint density at radius 3 is 2.47 bits per heavy atom. The molecule has 176 valence electrons. The van der Waals surface area contributed by atoms with E-state index in [1.807, 2.05) is 44.2 Å². The van der Waals surface area contributed by atoms with Gasteiger partial charge in [-0.2, -0.15) is 0 Å². The van der Waals surface area contributed by atoms with Gasteiger partial charge in [-0.3, -0.25) is 0 Å². The molecule has 0 saturated carbocycles. The van der Waals surface area contributed by atoms with E-state index in [0.29, 0.717) is 11.4 Å². The van der Waals surface area contributed by atoms with E-state index in [0.717, 1.165) is 52.8 Å². The SMILES string of the molecule is CCOC(=O)c1nc(C2=C(c3cc(C)ccc3OCc3c(F)cccc3F)CCC2)ccc1C. The molecule has 0 atom stereocenters. The number of aromatic nitrogens is 1. The first-order valence-corrected chi connectivity index (χ1v) is 11.4. The molecule has 1 aromatic heterocycles. The van der Waals surface area contributed by atoms with Crippen LogP contribution in [0.1, 0.15) is 64.6 Å². The highest BCUT2D eigenvalue weighted by atomic mass is 19.1. The van der Waals surface area contributed by atoms with Crippen molar-refractivity contribution in [2.45, 2.75) is 46.6 Å². The Morgan fingerprint density at radius 2 is 1.74 bits per heavy atom. The van der Waals surface area contributed by atoms with Gasteiger partial charge in [0, 0.05) is 5.56 Å². The fourth-order valence-electron chi connectivity index (χ4n) is 4.25. The van der Waals surface area contributed by atoms with Crippen LogP contribution in [0, 0.1) is 25.5 Å². The summed E-state index contributed by atoms with van der Waals surface area (Å²) in [6, 6.07) is 13.3. The maximum Gasteiger partial charge on any atom is 0.357 e. The van der Waals surface area contributed by atoms with Crippen LogP contribution in [0.25, 0.3) is 11.1 Å². The Balaban J connectivity index is 1.73. The molecular weight excluding hydrogens is 436 g/mol. The van der Waals surface area contributed by atoms with E-state index in [2.05, 4.69) is 4.98 Å². The summed E-state index contributed by atoms with van der Waals surface area (Å²) < 4.78 is 39.3. The first-order valence-electron chi connectivity index (χ1n) is 11.4. The monoisotopic (exact) mass is 463 g/mol. The second-order valence-corrected chi connectivity index (χ2v) is 8.38. The number of aryl methyl sites for hydroxylation is 2. The molecule has 0 saturated heterocycles. The average molecular weight is 464 g/mol. The molecule has 1 heterocycles. The van der Waals surface area contributed by atoms with Crippen molar-refractivity contribution in [2.24, 2.45) is 0 Å². The molecule has 0 unspecified atom stereocenters. The summed E-state index contributed by atoms with van der Waals surface area (Å²) in [4.78, 5) is 17.0. The molecule has 3 aromatic rings. The second-order valence-electron chi connectivity index (χ2n) is 8.38. The van der Waals surface area contributed by atoms with E-state index in [4.69, 9.17) is 9.47 Å². The molecule has 4 rings (SSSR count). The number of ether oxygens (including phenoxy) is 2. The van der Waals surface area contributed by atoms with Crippen molar-refractivity contribution in [2.75, 3.05) is 6.61 Å². The molecule has 2 aromatic carbocycles. The number of benzene rings is 2. The van der Waals surface area contributed by atoms with Gasteiger partial charge in [-0.15, -0.1) is 0 Å². The number of halogens is 2. The topological polar surface area (TPSA) is 48.4 Å². The van der Waals surface area contributed by atoms with Crippen molar-refractivity contribution < 1.29 is 23.0 Å². The fraction of sp³-hybridized carbons (Fsp3) is 0.286. The number of hydrogen-bond donors (Lipinski definition) is 0. The van der Waals surface area contributed by atoms with Gasteiger partial charge in [0.2, 0.25) is 0 Å². The number of pyridine rings is 1. The third-order valence-corrected chi connectivity index (χ3v) is 5.99. The smallest absolute Gasteiger partial charge is 0.357 e. The van der Waals surface area contributed by atoms with Gasteiger partial charge < -0.3 is 9.47 Å². The number of carbonyl (C=O) groups excluding carboxylic acids is 1. The van der Waals surface area contributed by atoms with E-state index in [9.17, 15) is 13.6 Å². The van der Waals surface area contributed by atoms with Crippen LogP contribution in [0.4, 0.5) is 8.78 Å². The molecule has 0 fully saturated rings. The molecule has 0 radical (unpaired) electrons. The molecule has 0 amide bonds. The number of carbonyl (C=O) groups is 1. The highest BCUT2D eigenvalue weighted by Crippen LogP contribution is 2.43. The van der Waals surface area contributed by atoms with Crippen molar-refractivity contribution >= 4 is 17.1 Å². The lowest BCUT2D eigenvalue weighted by Crippen LogP contribution is -2.10. The molecule has 34 heavy (non-hydrogen) atoms. The van der Waals surface area contributed by atoms with E-state index in [1.165, 1.54) is 18.2 Å². The van der Waals surface area contributed by atoms with E-state index < -0.39 is 17.6 Å². The normalized spacial score (nSPS) is 13.3. The average Bonchev–Trinajstić information content (AvgIpc) is 3.30. The third kappa shape index (κ3) is 4.86. The molecule has 0 spiro atoms. The number of esters is 1. The summed E-state index contributed by atoms with van der Waals surface area (Å²) in [5.74, 6) is -1.15. The molecule has 0 N–H and O–H groups in total. The summed E-state index contributed by atoms with van der Waals surface area (Å²) in [6.07, 6.45) is 2.56. The summed E-state index contributed by atoms with van der Waals surface area (Å²) in [5, 5.41) is 0. The van der Waals surface area contributed by atoms with Crippen LogP contribution in [-0.4, -0.2) is 17.6 Å². The zero-order valence-electron chi connectivity index (χ0n) is 19.6. The number of nitrogens with zero attached hydrogens (tertiary/aromatic N) is 1. The van der Waals surface area contributed by atoms with Crippen LogP contribution >= 0.6 is 0 Å². The van der Waals surface area contributed by atoms with Crippen LogP contribution in [-0.2, 0) is 11.3 Å². The Labute approximate surface area is 198 Å². The molecule has 4 nitrogen and oxygen atoms in total. The summed E-state index contributed by atoms with van der Waals surface area (Å²) in [6.45, 7) is 5.65. The molecule has 0 bridgehead atoms. The van der Waals surface area contributed by atoms with Gasteiger partial charge in [-0.1, -0.05) is 23.8 Å². The maximum absolute atomic E-state index is 14.1. The third-order valence-electron chi connectivity index (χ3n) is 5.99. The lowest BCUT2D eigenvalue weighted by atomic mass is 9.97. The van der Waals surface area contributed by atoms with Gasteiger partial charge in [0.1, 0.15) is 24.0 Å². The van der Waals surface area contributed by atoms with Gasteiger partial charge in [0.05, 0.1) is 17.9 Å². The van der Waals surface area contributed by atoms with Crippen molar-refractivity contribution in [3.63, 3.8) is 0 Å². The van der Waals surface area contributed by atoms with Crippen molar-refractivity contribution in [3.05, 3.63) is 93.8 Å². The Hall–Kier alpha value is -3.54. The fourth-order valence-corrected chi connectivity index (χ4v) is 4.25. The largest absolute Gasteiger partial charge is 0.488 e. The van der Waals surface area contributed by atoms with Gasteiger partial charge in [0.15, 0.2) is 5.69 Å². The van der Waals surface area contributed by atoms with E-state index in [-0.39, 0.29) is 18.8 Å². The molecule has 1 aliphatic carbocycles. The van der Waals surface area contributed by atoms with E-state index in [1.54, 1.807) is 6.92 Å². The summed E-state index contributed by atoms with van der Waals surface area (Å²) >= 11 is 0. The zero-order chi connectivity index (χ0) is 24.2. The van der Waals surface area contributed by atoms with Gasteiger partial charge in [-0.05, 0) is 87.1 Å². The Kier molecular flexibility index (Phi) is 7.06. The maximum atomic E-state index is 14.1. The van der Waals surface area contributed by atoms with Crippen LogP contribution < -0.4 is 4.74 Å². The van der Waals surface area contributed by atoms with Crippen molar-refractivity contribution in [3.8, 4) is 5.75 Å². The number of hydrogen-bond acceptors (Lipinski definition) is 4. The number of allylic oxidation sites excluding steroid dienone is 2. The Bertz CT molecular complexity index is 1250. The first kappa shape index (κ1) is 23.6. The van der Waals surface area contributed by atoms with Crippen molar-refractivity contribution in [1.82, 2.24) is 4.98 Å². The minimum Gasteiger partial charge on any atom is -0.488 e. The highest BCUT2D eigenvalue weighted by Gasteiger charge is 2.23. The standard InChI is InChI=1S/C28H27F2NO3/c1-4-33-28(32)27-18(3)12-13-25(31-27)20-8-5-7-19(20)21-15-17(2)11-14-26(21)34-16-22-23(29)9-6-10-24(22)30/h6,9-15H,4-5,7-8,16H2,1-3H3. The Morgan fingerprint density at radius 1 is 1.00 bits per heavy atom. The van der Waals surface area contributed by atoms with Gasteiger partial charge in [0.25, 0.3) is 0 Å². The second kappa shape index (κ2) is 10.2. The lowest BCUT2D eigenvalue weighted by Gasteiger charge is -2.16. The highest BCUT2D eigenvalue weighted by molar-refractivity contribution is 5.95. The first-order chi connectivity index (χ1) is 16.4. The minimum atomic E-state index is -0.634. The van der Waals surface area contributed by atoms with Crippen LogP contribution in [0.5, 0.6) is 5.75 Å². The van der Waals surface area contributed by atoms with Gasteiger partial charge >= 0.3 is 5.97 Å². The van der Waals surface area contributed by atoms with Crippen LogP contribution in [0.2, 0.25) is 0 Å². The minimum absolute atomic E-state index is 0.103. The summed E-state index contributed by atoms with van der Waals surface area (Å²) in [7, 11) is 0. The predicted molar refractivity (Wildman–Crippen MR) is 127 cm³/mol. The van der Waals surface area contributed by atoms with E-state index >= 15 is 0 Å². The molecular formula is C28H27F2NO3. The quantitative estimate of drug-likeness (QED) is 0.361. The molecule has 6 heteroatoms. The lowest BCUT2D eigenvalue weighted by molar-refractivity contribution is 0.0518. The van der Waals surface area contributed by atoms with Crippen LogP contribution in [0.3, 0.4) is 0 Å². The number of rotatable bonds is 7. The van der Waals surface area contributed by atoms with Gasteiger partial charge in [-0.25, -0.2) is 18.6 Å². The predicted octanol–water partition coefficient (Wildman–Crippen LogP) is 6.83.